The summed E-state index contributed by atoms with van der Waals surface area (Å²) in [7, 11) is 6.69. The number of aliphatic carboxylic acids is 1. The first-order valence-electron chi connectivity index (χ1n) is 34.9. The molecule has 3 saturated heterocycles. The number of esters is 1. The number of thioether (sulfide) groups is 1. The van der Waals surface area contributed by atoms with Crippen LogP contribution in [0, 0.1) is 11.8 Å². The average molecular weight is 1510 g/mol. The third kappa shape index (κ3) is 26.3. The minimum absolute atomic E-state index is 0.0323. The van der Waals surface area contributed by atoms with Gasteiger partial charge in [0.05, 0.1) is 18.3 Å². The second-order valence-corrected chi connectivity index (χ2v) is 31.5. The number of amides is 8. The number of carbonyl (C=O) groups excluding carboxylic acids is 11. The Morgan fingerprint density at radius 2 is 1.32 bits per heavy atom. The maximum atomic E-state index is 14.9. The number of rotatable bonds is 40. The number of azide groups is 2. The molecule has 0 aromatic heterocycles. The number of benzene rings is 3. The molecule has 34 heteroatoms. The predicted octanol–water partition coefficient (Wildman–Crippen LogP) is 8.71. The third-order valence-electron chi connectivity index (χ3n) is 18.0. The van der Waals surface area contributed by atoms with Crippen molar-refractivity contribution in [2.45, 2.75) is 171 Å². The van der Waals surface area contributed by atoms with Crippen LogP contribution in [0.1, 0.15) is 133 Å². The van der Waals surface area contributed by atoms with Crippen LogP contribution < -0.4 is 27.0 Å². The maximum absolute atomic E-state index is 14.9. The molecule has 3 aromatic carbocycles. The number of nitrogens with zero attached hydrogens (tertiary/aromatic N) is 10. The van der Waals surface area contributed by atoms with E-state index in [-0.39, 0.29) is 106 Å². The van der Waals surface area contributed by atoms with Gasteiger partial charge in [0, 0.05) is 88.2 Å². The number of hydrogen-bond acceptors (Lipinski definition) is 21. The van der Waals surface area contributed by atoms with E-state index in [2.05, 4.69) is 41.3 Å². The van der Waals surface area contributed by atoms with E-state index in [0.717, 1.165) is 21.6 Å². The van der Waals surface area contributed by atoms with Crippen molar-refractivity contribution in [2.75, 3.05) is 64.3 Å². The van der Waals surface area contributed by atoms with Crippen molar-refractivity contribution < 1.29 is 76.9 Å². The number of likely N-dealkylation sites (tertiary alicyclic amines) is 2. The Labute approximate surface area is 621 Å². The van der Waals surface area contributed by atoms with Crippen molar-refractivity contribution in [1.29, 1.82) is 0 Å². The molecule has 8 amide bonds. The van der Waals surface area contributed by atoms with Crippen LogP contribution in [0.5, 0.6) is 0 Å². The summed E-state index contributed by atoms with van der Waals surface area (Å²) in [6.45, 7) is 5.73. The Morgan fingerprint density at radius 1 is 0.714 bits per heavy atom. The minimum atomic E-state index is -1.67. The Bertz CT molecular complexity index is 3740. The van der Waals surface area contributed by atoms with Crippen molar-refractivity contribution in [3.63, 3.8) is 0 Å². The van der Waals surface area contributed by atoms with Gasteiger partial charge in [-0.1, -0.05) is 144 Å². The van der Waals surface area contributed by atoms with E-state index in [4.69, 9.17) is 31.0 Å². The molecule has 0 radical (unpaired) electrons. The Hall–Kier alpha value is -9.33. The van der Waals surface area contributed by atoms with Gasteiger partial charge in [-0.15, -0.1) is 11.8 Å². The molecule has 0 unspecified atom stereocenters. The lowest BCUT2D eigenvalue weighted by molar-refractivity contribution is -0.155. The summed E-state index contributed by atoms with van der Waals surface area (Å²) in [6, 6.07) is 13.1. The zero-order valence-corrected chi connectivity index (χ0v) is 62.1. The molecular weight excluding hydrogens is 1420 g/mol. The largest absolute Gasteiger partial charge is 0.481 e. The molecule has 566 valence electrons. The number of carboxylic acids is 1. The SMILES string of the molecule is CN(C)CCCC[C@H](CC(=O)[C@H](CSSC(C)(C)C)NC(=O)OCc1ccc(N=[N+]=[N-])cc1)C(=O)N[C@@H](CC1=CCc2ccccc21)C(=O)OCC(=O)N1CCC[C@H]1C(=O)C[C@@H](CCCCNC(=O)[C@@H]1CSCN1C(=O)OCc1ccc(N=[N+]=[N-])cc1)C(=O)N[C@@H](CC(=O)O)C(=O)N1CCC[C@H]1C(N)=O. The Kier molecular flexibility index (Phi) is 32.7. The molecule has 31 nitrogen and oxygen atoms in total. The predicted molar refractivity (Wildman–Crippen MR) is 395 cm³/mol. The summed E-state index contributed by atoms with van der Waals surface area (Å²) >= 11 is 1.35. The first-order valence-corrected chi connectivity index (χ1v) is 38.4. The molecule has 0 spiro atoms. The topological polar surface area (TPSA) is 437 Å². The van der Waals surface area contributed by atoms with Crippen LogP contribution in [0.4, 0.5) is 21.0 Å². The number of carboxylic acid groups (broad SMARTS) is 1. The zero-order chi connectivity index (χ0) is 76.2. The van der Waals surface area contributed by atoms with Crippen LogP contribution in [0.25, 0.3) is 26.5 Å². The number of Topliss-reactive ketones (excluding diaryl/α,β-unsaturated/α-hetero) is 2. The first kappa shape index (κ1) is 82.9. The highest BCUT2D eigenvalue weighted by Crippen LogP contribution is 2.36. The Morgan fingerprint density at radius 3 is 1.95 bits per heavy atom. The maximum Gasteiger partial charge on any atom is 0.411 e. The van der Waals surface area contributed by atoms with Gasteiger partial charge in [-0.25, -0.2) is 14.4 Å². The number of hydrogen-bond donors (Lipinski definition) is 6. The van der Waals surface area contributed by atoms with Gasteiger partial charge in [-0.05, 0) is 117 Å². The molecule has 105 heavy (non-hydrogen) atoms. The number of ketones is 2. The fourth-order valence-corrected chi connectivity index (χ4v) is 16.2. The number of ether oxygens (including phenoxy) is 3. The number of alkyl carbamates (subject to hydrolysis) is 1. The Balaban J connectivity index is 1.04. The molecule has 3 aliphatic heterocycles. The molecule has 3 heterocycles. The normalized spacial score (nSPS) is 17.4. The molecule has 0 bridgehead atoms. The summed E-state index contributed by atoms with van der Waals surface area (Å²) in [5.41, 5.74) is 27.6. The van der Waals surface area contributed by atoms with Gasteiger partial charge in [0.25, 0.3) is 5.91 Å². The van der Waals surface area contributed by atoms with Crippen LogP contribution >= 0.6 is 33.3 Å². The van der Waals surface area contributed by atoms with E-state index < -0.39 is 139 Å². The third-order valence-corrected chi connectivity index (χ3v) is 22.4. The number of primary amides is 1. The molecular formula is C71H93N15O16S3. The van der Waals surface area contributed by atoms with Crippen LogP contribution in [-0.2, 0) is 81.8 Å². The number of nitrogens with one attached hydrogen (secondary N) is 4. The number of fused-ring (bicyclic) bond motifs is 1. The lowest BCUT2D eigenvalue weighted by Crippen LogP contribution is -2.54. The van der Waals surface area contributed by atoms with Gasteiger partial charge in [-0.3, -0.25) is 48.1 Å². The van der Waals surface area contributed by atoms with Gasteiger partial charge in [0.1, 0.15) is 43.4 Å². The number of carbonyl (C=O) groups is 12. The van der Waals surface area contributed by atoms with Crippen molar-refractivity contribution in [3.8, 4) is 0 Å². The molecule has 0 saturated carbocycles. The van der Waals surface area contributed by atoms with E-state index in [1.807, 2.05) is 70.1 Å². The summed E-state index contributed by atoms with van der Waals surface area (Å²) in [5, 5.41) is 28.0. The molecule has 1 aliphatic carbocycles. The molecule has 8 atom stereocenters. The molecule has 7 N–H and O–H groups in total. The first-order chi connectivity index (χ1) is 50.2. The van der Waals surface area contributed by atoms with Gasteiger partial charge >= 0.3 is 24.1 Å². The highest BCUT2D eigenvalue weighted by atomic mass is 33.1. The minimum Gasteiger partial charge on any atom is -0.481 e. The number of allylic oxidation sites excluding steroid dienone is 1. The van der Waals surface area contributed by atoms with Crippen molar-refractivity contribution >= 4 is 121 Å². The standard InChI is InChI=1S/C71H93N15O16S3/c1-71(2,3)105-104-41-55(78-69(98)101-38-44-20-26-50(27-21-44)79-81-73)59(87)35-48(16-9-11-31-83(4)5)65(94)77-54(34-47-25-24-46-14-6-7-17-52(46)47)68(97)100-40-61(89)84-32-12-18-56(84)60(88)36-49(64(93)76-53(37-62(90)91)67(96)85-33-13-19-57(85)63(72)92)15-8-10-30-75-66(95)58-42-103-43-86(58)70(99)102-39-45-22-28-51(29-23-45)80-82-74/h6-7,14,17,20-23,25-29,48-49,53-58H,8-13,15-16,18-19,24,30-43H2,1-5H3,(H2,72,92)(H,75,95)(H,76,93)(H,77,94)(H,78,98)(H,90,91)/t48-,49-,53+,54+,55+,56+,57+,58+/m1/s1. The van der Waals surface area contributed by atoms with Gasteiger partial charge in [-0.2, -0.15) is 0 Å². The highest BCUT2D eigenvalue weighted by molar-refractivity contribution is 8.77. The number of unbranched alkanes of at least 4 members (excludes halogenated alkanes) is 2. The summed E-state index contributed by atoms with van der Waals surface area (Å²) in [6.07, 6.45) is 2.00. The fourth-order valence-electron chi connectivity index (χ4n) is 12.6. The van der Waals surface area contributed by atoms with E-state index >= 15 is 0 Å². The lowest BCUT2D eigenvalue weighted by atomic mass is 9.91. The lowest BCUT2D eigenvalue weighted by Gasteiger charge is -2.29. The van der Waals surface area contributed by atoms with E-state index in [1.165, 1.54) is 43.1 Å². The van der Waals surface area contributed by atoms with E-state index in [0.29, 0.717) is 61.2 Å². The van der Waals surface area contributed by atoms with Crippen LogP contribution in [0.15, 0.2) is 89.1 Å². The molecule has 7 rings (SSSR count). The van der Waals surface area contributed by atoms with E-state index in [1.54, 1.807) is 48.5 Å². The zero-order valence-electron chi connectivity index (χ0n) is 59.6. The number of nitrogens with two attached hydrogens (primary N) is 1. The van der Waals surface area contributed by atoms with Crippen LogP contribution in [0.2, 0.25) is 0 Å². The smallest absolute Gasteiger partial charge is 0.411 e. The average Bonchev–Trinajstić information content (AvgIpc) is 1.73. The highest BCUT2D eigenvalue weighted by Gasteiger charge is 2.42. The second kappa shape index (κ2) is 41.4. The molecule has 4 aliphatic rings. The molecule has 3 aromatic rings. The summed E-state index contributed by atoms with van der Waals surface area (Å²) < 4.78 is 16.6. The van der Waals surface area contributed by atoms with Crippen molar-refractivity contribution in [3.05, 3.63) is 122 Å². The van der Waals surface area contributed by atoms with Crippen molar-refractivity contribution in [2.24, 2.45) is 27.8 Å². The summed E-state index contributed by atoms with van der Waals surface area (Å²) in [5.74, 6) is -9.49. The quantitative estimate of drug-likeness (QED) is 0.00589. The van der Waals surface area contributed by atoms with Crippen LogP contribution in [0.3, 0.4) is 0 Å². The van der Waals surface area contributed by atoms with E-state index in [9.17, 15) is 62.6 Å². The monoisotopic (exact) mass is 1510 g/mol. The van der Waals surface area contributed by atoms with Gasteiger partial charge in [0.2, 0.25) is 29.5 Å². The second-order valence-electron chi connectivity index (χ2n) is 27.3. The summed E-state index contributed by atoms with van der Waals surface area (Å²) in [4.78, 5) is 178. The van der Waals surface area contributed by atoms with Crippen LogP contribution in [-0.4, -0.2) is 201 Å². The fraction of sp³-hybridized carbons (Fsp3) is 0.549. The molecule has 3 fully saturated rings. The van der Waals surface area contributed by atoms with Gasteiger partial charge < -0.3 is 61.0 Å². The van der Waals surface area contributed by atoms with Gasteiger partial charge in [0.15, 0.2) is 18.2 Å². The van der Waals surface area contributed by atoms with Crippen molar-refractivity contribution in [1.82, 2.24) is 40.9 Å².